The van der Waals surface area contributed by atoms with Crippen molar-refractivity contribution in [1.29, 1.82) is 0 Å². The number of ketones is 1. The molecule has 146 valence electrons. The standard InChI is InChI=1S/C23H19ClN2OS2/c1-13-4-5-17(10-14(13)2)20(27)12-29-23-21-19(16-6-8-18(24)9-7-16)11-28-22(21)25-15(3)26-23/h4-11H,12H2,1-3H3. The van der Waals surface area contributed by atoms with E-state index < -0.39 is 0 Å². The molecule has 0 aliphatic rings. The summed E-state index contributed by atoms with van der Waals surface area (Å²) in [5.41, 5.74) is 5.20. The van der Waals surface area contributed by atoms with Crippen LogP contribution in [0.5, 0.6) is 0 Å². The monoisotopic (exact) mass is 438 g/mol. The van der Waals surface area contributed by atoms with Gasteiger partial charge in [0, 0.05) is 21.5 Å². The Morgan fingerprint density at radius 3 is 2.52 bits per heavy atom. The molecule has 2 aromatic heterocycles. The van der Waals surface area contributed by atoms with Crippen molar-refractivity contribution in [3.05, 3.63) is 75.4 Å². The molecule has 0 saturated heterocycles. The Kier molecular flexibility index (Phi) is 5.72. The number of aryl methyl sites for hydroxylation is 3. The zero-order valence-corrected chi connectivity index (χ0v) is 18.7. The quantitative estimate of drug-likeness (QED) is 0.193. The van der Waals surface area contributed by atoms with E-state index in [0.29, 0.717) is 16.6 Å². The molecule has 4 rings (SSSR count). The number of hydrogen-bond donors (Lipinski definition) is 0. The van der Waals surface area contributed by atoms with Crippen LogP contribution in [0.25, 0.3) is 21.3 Å². The molecule has 0 radical (unpaired) electrons. The Hall–Kier alpha value is -2.21. The zero-order valence-electron chi connectivity index (χ0n) is 16.3. The molecule has 0 saturated carbocycles. The lowest BCUT2D eigenvalue weighted by molar-refractivity contribution is 0.102. The number of fused-ring (bicyclic) bond motifs is 1. The first-order valence-corrected chi connectivity index (χ1v) is 11.4. The topological polar surface area (TPSA) is 42.9 Å². The maximum absolute atomic E-state index is 12.8. The molecule has 4 aromatic rings. The molecule has 0 fully saturated rings. The Bertz CT molecular complexity index is 1220. The van der Waals surface area contributed by atoms with Gasteiger partial charge in [0.05, 0.1) is 11.1 Å². The number of aromatic nitrogens is 2. The van der Waals surface area contributed by atoms with Crippen LogP contribution in [-0.2, 0) is 0 Å². The van der Waals surface area contributed by atoms with E-state index in [9.17, 15) is 4.79 Å². The van der Waals surface area contributed by atoms with Gasteiger partial charge in [-0.2, -0.15) is 0 Å². The summed E-state index contributed by atoms with van der Waals surface area (Å²) in [6.07, 6.45) is 0. The molecule has 0 unspecified atom stereocenters. The van der Waals surface area contributed by atoms with Crippen LogP contribution in [0.4, 0.5) is 0 Å². The molecule has 0 aliphatic carbocycles. The van der Waals surface area contributed by atoms with Gasteiger partial charge >= 0.3 is 0 Å². The molecular formula is C23H19ClN2OS2. The van der Waals surface area contributed by atoms with Crippen LogP contribution in [0.15, 0.2) is 52.9 Å². The van der Waals surface area contributed by atoms with Gasteiger partial charge in [-0.15, -0.1) is 11.3 Å². The van der Waals surface area contributed by atoms with Crippen molar-refractivity contribution in [2.24, 2.45) is 0 Å². The van der Waals surface area contributed by atoms with Crippen LogP contribution >= 0.6 is 34.7 Å². The second-order valence-corrected chi connectivity index (χ2v) is 9.18. The van der Waals surface area contributed by atoms with Gasteiger partial charge in [-0.3, -0.25) is 4.79 Å². The summed E-state index contributed by atoms with van der Waals surface area (Å²) in [6.45, 7) is 5.96. The maximum Gasteiger partial charge on any atom is 0.173 e. The predicted molar refractivity (Wildman–Crippen MR) is 124 cm³/mol. The van der Waals surface area contributed by atoms with Crippen molar-refractivity contribution in [1.82, 2.24) is 9.97 Å². The van der Waals surface area contributed by atoms with Gasteiger partial charge < -0.3 is 0 Å². The smallest absolute Gasteiger partial charge is 0.173 e. The number of thioether (sulfide) groups is 1. The molecule has 0 N–H and O–H groups in total. The van der Waals surface area contributed by atoms with Crippen molar-refractivity contribution >= 4 is 50.7 Å². The Morgan fingerprint density at radius 1 is 1.03 bits per heavy atom. The number of rotatable bonds is 5. The second kappa shape index (κ2) is 8.27. The van der Waals surface area contributed by atoms with Crippen LogP contribution in [0.1, 0.15) is 27.3 Å². The van der Waals surface area contributed by atoms with Gasteiger partial charge in [0.25, 0.3) is 0 Å². The lowest BCUT2D eigenvalue weighted by Gasteiger charge is -2.08. The zero-order chi connectivity index (χ0) is 20.5. The van der Waals surface area contributed by atoms with E-state index in [1.807, 2.05) is 63.2 Å². The number of Topliss-reactive ketones (excluding diaryl/α,β-unsaturated/α-hetero) is 1. The minimum atomic E-state index is 0.103. The Labute approximate surface area is 183 Å². The predicted octanol–water partition coefficient (Wildman–Crippen LogP) is 6.91. The lowest BCUT2D eigenvalue weighted by atomic mass is 10.0. The SMILES string of the molecule is Cc1nc(SCC(=O)c2ccc(C)c(C)c2)c2c(-c3ccc(Cl)cc3)csc2n1. The largest absolute Gasteiger partial charge is 0.293 e. The fraction of sp³-hybridized carbons (Fsp3) is 0.174. The highest BCUT2D eigenvalue weighted by Gasteiger charge is 2.17. The van der Waals surface area contributed by atoms with E-state index in [-0.39, 0.29) is 5.78 Å². The van der Waals surface area contributed by atoms with Gasteiger partial charge in [-0.1, -0.05) is 47.6 Å². The highest BCUT2D eigenvalue weighted by Crippen LogP contribution is 2.38. The fourth-order valence-corrected chi connectivity index (χ4v) is 5.26. The van der Waals surface area contributed by atoms with Gasteiger partial charge in [-0.05, 0) is 55.7 Å². The summed E-state index contributed by atoms with van der Waals surface area (Å²) in [5.74, 6) is 1.15. The summed E-state index contributed by atoms with van der Waals surface area (Å²) in [6, 6.07) is 13.6. The van der Waals surface area contributed by atoms with Gasteiger partial charge in [0.1, 0.15) is 15.7 Å². The summed E-state index contributed by atoms with van der Waals surface area (Å²) in [4.78, 5) is 22.9. The first-order valence-electron chi connectivity index (χ1n) is 9.17. The summed E-state index contributed by atoms with van der Waals surface area (Å²) in [7, 11) is 0. The van der Waals surface area contributed by atoms with Crippen LogP contribution in [0.2, 0.25) is 5.02 Å². The molecular weight excluding hydrogens is 420 g/mol. The minimum absolute atomic E-state index is 0.103. The molecule has 3 nitrogen and oxygen atoms in total. The summed E-state index contributed by atoms with van der Waals surface area (Å²) in [5, 5.41) is 4.64. The molecule has 0 aliphatic heterocycles. The molecule has 0 atom stereocenters. The number of carbonyl (C=O) groups is 1. The molecule has 0 amide bonds. The van der Waals surface area contributed by atoms with E-state index >= 15 is 0 Å². The van der Waals surface area contributed by atoms with Gasteiger partial charge in [-0.25, -0.2) is 9.97 Å². The van der Waals surface area contributed by atoms with E-state index in [4.69, 9.17) is 11.6 Å². The summed E-state index contributed by atoms with van der Waals surface area (Å²) >= 11 is 9.11. The van der Waals surface area contributed by atoms with E-state index in [1.54, 1.807) is 11.3 Å². The molecule has 2 aromatic carbocycles. The number of halogens is 1. The third kappa shape index (κ3) is 4.22. The summed E-state index contributed by atoms with van der Waals surface area (Å²) < 4.78 is 0. The van der Waals surface area contributed by atoms with E-state index in [0.717, 1.165) is 37.5 Å². The van der Waals surface area contributed by atoms with Gasteiger partial charge in [0.15, 0.2) is 5.78 Å². The molecule has 0 spiro atoms. The average molecular weight is 439 g/mol. The van der Waals surface area contributed by atoms with E-state index in [2.05, 4.69) is 15.3 Å². The molecule has 0 bridgehead atoms. The van der Waals surface area contributed by atoms with Crippen LogP contribution in [-0.4, -0.2) is 21.5 Å². The van der Waals surface area contributed by atoms with Crippen LogP contribution < -0.4 is 0 Å². The van der Waals surface area contributed by atoms with Crippen LogP contribution in [0, 0.1) is 20.8 Å². The van der Waals surface area contributed by atoms with Crippen molar-refractivity contribution < 1.29 is 4.79 Å². The fourth-order valence-electron chi connectivity index (χ4n) is 3.09. The highest BCUT2D eigenvalue weighted by molar-refractivity contribution is 8.00. The van der Waals surface area contributed by atoms with Crippen molar-refractivity contribution in [3.63, 3.8) is 0 Å². The lowest BCUT2D eigenvalue weighted by Crippen LogP contribution is -2.04. The maximum atomic E-state index is 12.8. The number of thiophene rings is 1. The third-order valence-corrected chi connectivity index (χ3v) is 6.94. The minimum Gasteiger partial charge on any atom is -0.293 e. The van der Waals surface area contributed by atoms with Crippen molar-refractivity contribution in [3.8, 4) is 11.1 Å². The van der Waals surface area contributed by atoms with E-state index in [1.165, 1.54) is 17.3 Å². The average Bonchev–Trinajstić information content (AvgIpc) is 3.12. The van der Waals surface area contributed by atoms with Crippen molar-refractivity contribution in [2.75, 3.05) is 5.75 Å². The van der Waals surface area contributed by atoms with Crippen LogP contribution in [0.3, 0.4) is 0 Å². The second-order valence-electron chi connectivity index (χ2n) is 6.92. The molecule has 29 heavy (non-hydrogen) atoms. The number of benzene rings is 2. The first kappa shape index (κ1) is 20.1. The third-order valence-electron chi connectivity index (χ3n) is 4.84. The molecule has 2 heterocycles. The Balaban J connectivity index is 1.67. The van der Waals surface area contributed by atoms with Gasteiger partial charge in [0.2, 0.25) is 0 Å². The number of nitrogens with zero attached hydrogens (tertiary/aromatic N) is 2. The Morgan fingerprint density at radius 2 is 1.79 bits per heavy atom. The number of hydrogen-bond acceptors (Lipinski definition) is 5. The number of carbonyl (C=O) groups excluding carboxylic acids is 1. The first-order chi connectivity index (χ1) is 13.9. The highest BCUT2D eigenvalue weighted by atomic mass is 35.5. The van der Waals surface area contributed by atoms with Crippen molar-refractivity contribution in [2.45, 2.75) is 25.8 Å². The molecule has 6 heteroatoms. The normalized spacial score (nSPS) is 11.2.